The molecule has 0 aromatic rings. The second-order valence-electron chi connectivity index (χ2n) is 2.89. The van der Waals surface area contributed by atoms with Crippen molar-refractivity contribution in [3.63, 3.8) is 0 Å². The molecular formula is C9H18O4. The average molecular weight is 190 g/mol. The standard InChI is InChI=1S/C6H12O2.C3H6O2/c1-5(2)4-8-6(3)7;1-3(4)5-2/h5H,4H2,1-3H3;1-2H3. The molecule has 4 nitrogen and oxygen atoms in total. The van der Waals surface area contributed by atoms with Gasteiger partial charge >= 0.3 is 11.9 Å². The van der Waals surface area contributed by atoms with Crippen LogP contribution in [0.4, 0.5) is 0 Å². The van der Waals surface area contributed by atoms with E-state index in [-0.39, 0.29) is 11.9 Å². The Morgan fingerprint density at radius 3 is 1.62 bits per heavy atom. The van der Waals surface area contributed by atoms with Crippen LogP contribution in [0.25, 0.3) is 0 Å². The van der Waals surface area contributed by atoms with Gasteiger partial charge in [0.2, 0.25) is 0 Å². The van der Waals surface area contributed by atoms with Crippen LogP contribution in [0.1, 0.15) is 27.7 Å². The average Bonchev–Trinajstić information content (AvgIpc) is 2.02. The van der Waals surface area contributed by atoms with E-state index in [0.717, 1.165) is 0 Å². The van der Waals surface area contributed by atoms with Gasteiger partial charge in [-0.1, -0.05) is 13.8 Å². The van der Waals surface area contributed by atoms with Crippen LogP contribution in [-0.2, 0) is 19.1 Å². The minimum absolute atomic E-state index is 0.196. The van der Waals surface area contributed by atoms with Gasteiger partial charge in [-0.05, 0) is 5.92 Å². The van der Waals surface area contributed by atoms with Crippen molar-refractivity contribution in [1.29, 1.82) is 0 Å². The summed E-state index contributed by atoms with van der Waals surface area (Å²) in [5.41, 5.74) is 0. The van der Waals surface area contributed by atoms with E-state index in [1.165, 1.54) is 21.0 Å². The lowest BCUT2D eigenvalue weighted by molar-refractivity contribution is -0.142. The first-order valence-electron chi connectivity index (χ1n) is 4.08. The molecule has 0 rings (SSSR count). The number of carbonyl (C=O) groups excluding carboxylic acids is 2. The Balaban J connectivity index is 0. The lowest BCUT2D eigenvalue weighted by Gasteiger charge is -2.02. The van der Waals surface area contributed by atoms with Gasteiger partial charge in [-0.2, -0.15) is 0 Å². The highest BCUT2D eigenvalue weighted by Crippen LogP contribution is 1.91. The normalized spacial score (nSPS) is 8.46. The first-order chi connectivity index (χ1) is 5.90. The van der Waals surface area contributed by atoms with Gasteiger partial charge in [0.25, 0.3) is 0 Å². The van der Waals surface area contributed by atoms with Crippen molar-refractivity contribution in [2.45, 2.75) is 27.7 Å². The number of hydrogen-bond donors (Lipinski definition) is 0. The highest BCUT2D eigenvalue weighted by atomic mass is 16.5. The van der Waals surface area contributed by atoms with E-state index in [4.69, 9.17) is 0 Å². The van der Waals surface area contributed by atoms with E-state index in [2.05, 4.69) is 9.47 Å². The monoisotopic (exact) mass is 190 g/mol. The van der Waals surface area contributed by atoms with Crippen molar-refractivity contribution >= 4 is 11.9 Å². The van der Waals surface area contributed by atoms with Crippen molar-refractivity contribution in [2.24, 2.45) is 5.92 Å². The highest BCUT2D eigenvalue weighted by molar-refractivity contribution is 5.66. The Kier molecular flexibility index (Phi) is 10.0. The van der Waals surface area contributed by atoms with Gasteiger partial charge in [0.1, 0.15) is 0 Å². The van der Waals surface area contributed by atoms with Crippen molar-refractivity contribution in [3.05, 3.63) is 0 Å². The van der Waals surface area contributed by atoms with Crippen molar-refractivity contribution < 1.29 is 19.1 Å². The van der Waals surface area contributed by atoms with Crippen LogP contribution in [0.3, 0.4) is 0 Å². The SMILES string of the molecule is CC(=O)OCC(C)C.COC(C)=O. The molecule has 0 saturated heterocycles. The third-order valence-electron chi connectivity index (χ3n) is 0.907. The zero-order chi connectivity index (χ0) is 10.9. The van der Waals surface area contributed by atoms with Crippen molar-refractivity contribution in [1.82, 2.24) is 0 Å². The van der Waals surface area contributed by atoms with E-state index in [1.54, 1.807) is 0 Å². The molecule has 0 aromatic heterocycles. The lowest BCUT2D eigenvalue weighted by atomic mass is 10.2. The van der Waals surface area contributed by atoms with E-state index in [9.17, 15) is 9.59 Å². The van der Waals surface area contributed by atoms with Gasteiger partial charge in [-0.25, -0.2) is 0 Å². The maximum Gasteiger partial charge on any atom is 0.302 e. The number of rotatable bonds is 2. The number of carbonyl (C=O) groups is 2. The number of ether oxygens (including phenoxy) is 2. The zero-order valence-corrected chi connectivity index (χ0v) is 8.92. The largest absolute Gasteiger partial charge is 0.469 e. The Labute approximate surface area is 79.2 Å². The summed E-state index contributed by atoms with van der Waals surface area (Å²) < 4.78 is 8.78. The Bertz CT molecular complexity index is 152. The molecule has 0 atom stereocenters. The molecule has 0 saturated carbocycles. The van der Waals surface area contributed by atoms with Crippen molar-refractivity contribution in [3.8, 4) is 0 Å². The van der Waals surface area contributed by atoms with Crippen LogP contribution in [-0.4, -0.2) is 25.7 Å². The van der Waals surface area contributed by atoms with Crippen LogP contribution in [0.2, 0.25) is 0 Å². The molecule has 0 bridgehead atoms. The molecule has 13 heavy (non-hydrogen) atoms. The Morgan fingerprint density at radius 2 is 1.54 bits per heavy atom. The molecule has 78 valence electrons. The maximum absolute atomic E-state index is 10.1. The Morgan fingerprint density at radius 1 is 1.15 bits per heavy atom. The number of esters is 2. The Hall–Kier alpha value is -1.06. The van der Waals surface area contributed by atoms with E-state index < -0.39 is 0 Å². The summed E-state index contributed by atoms with van der Waals surface area (Å²) >= 11 is 0. The molecule has 0 aliphatic heterocycles. The fraction of sp³-hybridized carbons (Fsp3) is 0.778. The summed E-state index contributed by atoms with van der Waals surface area (Å²) in [5.74, 6) is 0.00241. The first kappa shape index (κ1) is 14.5. The topological polar surface area (TPSA) is 52.6 Å². The van der Waals surface area contributed by atoms with Gasteiger partial charge in [0.15, 0.2) is 0 Å². The quantitative estimate of drug-likeness (QED) is 0.617. The predicted octanol–water partition coefficient (Wildman–Crippen LogP) is 1.38. The summed E-state index contributed by atoms with van der Waals surface area (Å²) in [5, 5.41) is 0. The zero-order valence-electron chi connectivity index (χ0n) is 8.92. The summed E-state index contributed by atoms with van der Waals surface area (Å²) in [4.78, 5) is 19.7. The third kappa shape index (κ3) is 24.8. The highest BCUT2D eigenvalue weighted by Gasteiger charge is 1.94. The molecular weight excluding hydrogens is 172 g/mol. The lowest BCUT2D eigenvalue weighted by Crippen LogP contribution is -2.05. The van der Waals surface area contributed by atoms with E-state index in [0.29, 0.717) is 12.5 Å². The second-order valence-corrected chi connectivity index (χ2v) is 2.89. The molecule has 0 heterocycles. The smallest absolute Gasteiger partial charge is 0.302 e. The van der Waals surface area contributed by atoms with Crippen LogP contribution in [0.5, 0.6) is 0 Å². The van der Waals surface area contributed by atoms with E-state index in [1.807, 2.05) is 13.8 Å². The van der Waals surface area contributed by atoms with Crippen LogP contribution < -0.4 is 0 Å². The second kappa shape index (κ2) is 9.03. The molecule has 0 aromatic carbocycles. The molecule has 0 radical (unpaired) electrons. The van der Waals surface area contributed by atoms with E-state index >= 15 is 0 Å². The first-order valence-corrected chi connectivity index (χ1v) is 4.08. The number of hydrogen-bond acceptors (Lipinski definition) is 4. The minimum atomic E-state index is -0.245. The molecule has 0 spiro atoms. The summed E-state index contributed by atoms with van der Waals surface area (Å²) in [6.45, 7) is 7.32. The van der Waals surface area contributed by atoms with Crippen LogP contribution in [0, 0.1) is 5.92 Å². The fourth-order valence-electron chi connectivity index (χ4n) is 0.284. The fourth-order valence-corrected chi connectivity index (χ4v) is 0.284. The molecule has 0 aliphatic carbocycles. The molecule has 0 fully saturated rings. The number of methoxy groups -OCH3 is 1. The van der Waals surface area contributed by atoms with Crippen LogP contribution >= 0.6 is 0 Å². The molecule has 0 amide bonds. The minimum Gasteiger partial charge on any atom is -0.469 e. The summed E-state index contributed by atoms with van der Waals surface area (Å²) in [7, 11) is 1.35. The molecule has 0 aliphatic rings. The third-order valence-corrected chi connectivity index (χ3v) is 0.907. The van der Waals surface area contributed by atoms with Gasteiger partial charge in [-0.15, -0.1) is 0 Å². The summed E-state index contributed by atoms with van der Waals surface area (Å²) in [6.07, 6.45) is 0. The van der Waals surface area contributed by atoms with Gasteiger partial charge in [0, 0.05) is 13.8 Å². The summed E-state index contributed by atoms with van der Waals surface area (Å²) in [6, 6.07) is 0. The van der Waals surface area contributed by atoms with Gasteiger partial charge in [-0.3, -0.25) is 9.59 Å². The van der Waals surface area contributed by atoms with Crippen LogP contribution in [0.15, 0.2) is 0 Å². The predicted molar refractivity (Wildman–Crippen MR) is 49.2 cm³/mol. The molecule has 0 N–H and O–H groups in total. The van der Waals surface area contributed by atoms with Crippen molar-refractivity contribution in [2.75, 3.05) is 13.7 Å². The van der Waals surface area contributed by atoms with Gasteiger partial charge < -0.3 is 9.47 Å². The maximum atomic E-state index is 10.1. The van der Waals surface area contributed by atoms with Gasteiger partial charge in [0.05, 0.1) is 13.7 Å². The molecule has 0 unspecified atom stereocenters. The molecule has 4 heteroatoms.